The van der Waals surface area contributed by atoms with Crippen molar-refractivity contribution in [2.75, 3.05) is 13.1 Å². The molecule has 1 aliphatic rings. The Morgan fingerprint density at radius 3 is 2.48 bits per heavy atom. The number of aromatic carboxylic acids is 1. The molecule has 1 aromatic carbocycles. The number of aliphatic imine (C=N–C) groups is 1. The van der Waals surface area contributed by atoms with E-state index in [1.54, 1.807) is 35.2 Å². The summed E-state index contributed by atoms with van der Waals surface area (Å²) in [6.07, 6.45) is 5.85. The van der Waals surface area contributed by atoms with Gasteiger partial charge in [-0.2, -0.15) is 0 Å². The second kappa shape index (κ2) is 9.42. The highest BCUT2D eigenvalue weighted by molar-refractivity contribution is 8.18. The number of hydrogen-bond donors (Lipinski definition) is 1. The maximum atomic E-state index is 12.7. The minimum atomic E-state index is -0.957. The smallest absolute Gasteiger partial charge is 0.335 e. The number of carbonyl (C=O) groups excluding carboxylic acids is 1. The summed E-state index contributed by atoms with van der Waals surface area (Å²) in [6.45, 7) is 5.63. The van der Waals surface area contributed by atoms with Crippen LogP contribution in [0.2, 0.25) is 0 Å². The molecular formula is C19H24N2O3S. The number of carboxylic acids is 1. The molecule has 1 saturated heterocycles. The molecule has 1 fully saturated rings. The Balaban J connectivity index is 2.20. The SMILES string of the molecule is CCCCN=C1SC(=Cc2ccc(C(=O)O)cc2)C(=O)N1CCCC. The maximum absolute atomic E-state index is 12.7. The highest BCUT2D eigenvalue weighted by Gasteiger charge is 2.32. The summed E-state index contributed by atoms with van der Waals surface area (Å²) >= 11 is 1.40. The highest BCUT2D eigenvalue weighted by Crippen LogP contribution is 2.32. The number of thioether (sulfide) groups is 1. The van der Waals surface area contributed by atoms with Crippen LogP contribution in [-0.2, 0) is 4.79 Å². The lowest BCUT2D eigenvalue weighted by Gasteiger charge is -2.14. The molecular weight excluding hydrogens is 336 g/mol. The quantitative estimate of drug-likeness (QED) is 0.555. The standard InChI is InChI=1S/C19H24N2O3S/c1-3-5-11-20-19-21(12-6-4-2)17(22)16(25-19)13-14-7-9-15(10-8-14)18(23)24/h7-10,13H,3-6,11-12H2,1-2H3,(H,23,24). The third kappa shape index (κ3) is 5.19. The van der Waals surface area contributed by atoms with Gasteiger partial charge in [0, 0.05) is 13.1 Å². The van der Waals surface area contributed by atoms with Gasteiger partial charge in [0.2, 0.25) is 0 Å². The molecule has 1 aliphatic heterocycles. The van der Waals surface area contributed by atoms with E-state index in [4.69, 9.17) is 5.11 Å². The monoisotopic (exact) mass is 360 g/mol. The number of amides is 1. The predicted molar refractivity (Wildman–Crippen MR) is 103 cm³/mol. The molecule has 0 saturated carbocycles. The molecule has 1 amide bonds. The second-order valence-corrected chi connectivity index (χ2v) is 6.88. The number of carbonyl (C=O) groups is 2. The average Bonchev–Trinajstić information content (AvgIpc) is 2.89. The zero-order valence-electron chi connectivity index (χ0n) is 14.7. The number of benzene rings is 1. The second-order valence-electron chi connectivity index (χ2n) is 5.87. The fraction of sp³-hybridized carbons (Fsp3) is 0.421. The van der Waals surface area contributed by atoms with Gasteiger partial charge in [-0.3, -0.25) is 14.7 Å². The van der Waals surface area contributed by atoms with Crippen LogP contribution >= 0.6 is 11.8 Å². The minimum absolute atomic E-state index is 0.0176. The Morgan fingerprint density at radius 2 is 1.88 bits per heavy atom. The van der Waals surface area contributed by atoms with Crippen LogP contribution in [0.5, 0.6) is 0 Å². The molecule has 6 heteroatoms. The van der Waals surface area contributed by atoms with Crippen LogP contribution in [0.1, 0.15) is 55.5 Å². The molecule has 1 N–H and O–H groups in total. The Bertz CT molecular complexity index is 680. The fourth-order valence-electron chi connectivity index (χ4n) is 2.35. The number of nitrogens with zero attached hydrogens (tertiary/aromatic N) is 2. The van der Waals surface area contributed by atoms with E-state index in [-0.39, 0.29) is 11.5 Å². The van der Waals surface area contributed by atoms with Crippen molar-refractivity contribution in [3.63, 3.8) is 0 Å². The van der Waals surface area contributed by atoms with Gasteiger partial charge >= 0.3 is 5.97 Å². The molecule has 1 aromatic rings. The number of hydrogen-bond acceptors (Lipinski definition) is 4. The van der Waals surface area contributed by atoms with Crippen LogP contribution in [0.25, 0.3) is 6.08 Å². The van der Waals surface area contributed by atoms with E-state index in [0.717, 1.165) is 43.0 Å². The van der Waals surface area contributed by atoms with E-state index >= 15 is 0 Å². The minimum Gasteiger partial charge on any atom is -0.478 e. The summed E-state index contributed by atoms with van der Waals surface area (Å²) in [6, 6.07) is 6.52. The van der Waals surface area contributed by atoms with E-state index in [2.05, 4.69) is 18.8 Å². The van der Waals surface area contributed by atoms with Gasteiger partial charge in [-0.25, -0.2) is 4.79 Å². The van der Waals surface area contributed by atoms with E-state index in [0.29, 0.717) is 11.4 Å². The van der Waals surface area contributed by atoms with Crippen molar-refractivity contribution in [3.8, 4) is 0 Å². The molecule has 2 rings (SSSR count). The number of unbranched alkanes of at least 4 members (excludes halogenated alkanes) is 2. The van der Waals surface area contributed by atoms with Crippen molar-refractivity contribution in [3.05, 3.63) is 40.3 Å². The first-order valence-corrected chi connectivity index (χ1v) is 9.47. The lowest BCUT2D eigenvalue weighted by atomic mass is 10.1. The molecule has 25 heavy (non-hydrogen) atoms. The van der Waals surface area contributed by atoms with Crippen molar-refractivity contribution >= 4 is 34.9 Å². The largest absolute Gasteiger partial charge is 0.478 e. The average molecular weight is 360 g/mol. The zero-order chi connectivity index (χ0) is 18.2. The molecule has 0 spiro atoms. The predicted octanol–water partition coefficient (Wildman–Crippen LogP) is 4.26. The normalized spacial score (nSPS) is 17.7. The van der Waals surface area contributed by atoms with Gasteiger partial charge in [-0.05, 0) is 48.4 Å². The molecule has 0 atom stereocenters. The van der Waals surface area contributed by atoms with Crippen LogP contribution in [0.3, 0.4) is 0 Å². The van der Waals surface area contributed by atoms with E-state index in [9.17, 15) is 9.59 Å². The van der Waals surface area contributed by atoms with Crippen LogP contribution in [0, 0.1) is 0 Å². The van der Waals surface area contributed by atoms with E-state index in [1.807, 2.05) is 0 Å². The first kappa shape index (κ1) is 19.2. The summed E-state index contributed by atoms with van der Waals surface area (Å²) in [4.78, 5) is 30.6. The van der Waals surface area contributed by atoms with E-state index < -0.39 is 5.97 Å². The van der Waals surface area contributed by atoms with Crippen molar-refractivity contribution in [1.82, 2.24) is 4.90 Å². The van der Waals surface area contributed by atoms with E-state index in [1.165, 1.54) is 11.8 Å². The lowest BCUT2D eigenvalue weighted by Crippen LogP contribution is -2.30. The van der Waals surface area contributed by atoms with Crippen LogP contribution in [0.4, 0.5) is 0 Å². The highest BCUT2D eigenvalue weighted by atomic mass is 32.2. The fourth-order valence-corrected chi connectivity index (χ4v) is 3.37. The summed E-state index contributed by atoms with van der Waals surface area (Å²) in [5, 5.41) is 9.74. The van der Waals surface area contributed by atoms with Gasteiger partial charge in [0.25, 0.3) is 5.91 Å². The van der Waals surface area contributed by atoms with Crippen molar-refractivity contribution < 1.29 is 14.7 Å². The van der Waals surface area contributed by atoms with Crippen LogP contribution in [-0.4, -0.2) is 40.1 Å². The van der Waals surface area contributed by atoms with Gasteiger partial charge in [-0.1, -0.05) is 38.8 Å². The molecule has 0 radical (unpaired) electrons. The number of carboxylic acid groups (broad SMARTS) is 1. The summed E-state index contributed by atoms with van der Waals surface area (Å²) in [5.74, 6) is -0.974. The van der Waals surface area contributed by atoms with Gasteiger partial charge in [0.05, 0.1) is 10.5 Å². The molecule has 1 heterocycles. The molecule has 0 bridgehead atoms. The first-order valence-electron chi connectivity index (χ1n) is 8.66. The third-order valence-corrected chi connectivity index (χ3v) is 4.88. The van der Waals surface area contributed by atoms with Gasteiger partial charge in [0.15, 0.2) is 5.17 Å². The van der Waals surface area contributed by atoms with Gasteiger partial charge < -0.3 is 5.11 Å². The maximum Gasteiger partial charge on any atom is 0.335 e. The lowest BCUT2D eigenvalue weighted by molar-refractivity contribution is -0.122. The van der Waals surface area contributed by atoms with Crippen molar-refractivity contribution in [2.24, 2.45) is 4.99 Å². The van der Waals surface area contributed by atoms with Gasteiger partial charge in [0.1, 0.15) is 0 Å². The third-order valence-electron chi connectivity index (χ3n) is 3.84. The topological polar surface area (TPSA) is 70.0 Å². The van der Waals surface area contributed by atoms with Gasteiger partial charge in [-0.15, -0.1) is 0 Å². The molecule has 0 aliphatic carbocycles. The summed E-state index contributed by atoms with van der Waals surface area (Å²) < 4.78 is 0. The zero-order valence-corrected chi connectivity index (χ0v) is 15.5. The molecule has 134 valence electrons. The van der Waals surface area contributed by atoms with Crippen LogP contribution < -0.4 is 0 Å². The van der Waals surface area contributed by atoms with Crippen LogP contribution in [0.15, 0.2) is 34.2 Å². The first-order chi connectivity index (χ1) is 12.1. The Morgan fingerprint density at radius 1 is 1.20 bits per heavy atom. The number of rotatable bonds is 8. The Hall–Kier alpha value is -2.08. The summed E-state index contributed by atoms with van der Waals surface area (Å²) in [5.41, 5.74) is 1.05. The van der Waals surface area contributed by atoms with Crippen molar-refractivity contribution in [2.45, 2.75) is 39.5 Å². The summed E-state index contributed by atoms with van der Waals surface area (Å²) in [7, 11) is 0. The molecule has 0 aromatic heterocycles. The molecule has 0 unspecified atom stereocenters. The Kier molecular flexibility index (Phi) is 7.25. The Labute approximate surface area is 152 Å². The van der Waals surface area contributed by atoms with Crippen molar-refractivity contribution in [1.29, 1.82) is 0 Å². The number of amidine groups is 1. The molecule has 5 nitrogen and oxygen atoms in total.